The van der Waals surface area contributed by atoms with Gasteiger partial charge in [0, 0.05) is 56.8 Å². The first-order valence-electron chi connectivity index (χ1n) is 12.6. The minimum atomic E-state index is -0.553. The smallest absolute Gasteiger partial charge is 0.293 e. The van der Waals surface area contributed by atoms with Crippen molar-refractivity contribution in [1.82, 2.24) is 10.2 Å². The number of carbonyl (C=O) groups is 2. The van der Waals surface area contributed by atoms with Crippen LogP contribution in [0.3, 0.4) is 0 Å². The van der Waals surface area contributed by atoms with Crippen LogP contribution in [0.25, 0.3) is 0 Å². The number of rotatable bonds is 6. The van der Waals surface area contributed by atoms with Crippen molar-refractivity contribution in [1.29, 1.82) is 0 Å². The minimum absolute atomic E-state index is 0.0402. The van der Waals surface area contributed by atoms with Gasteiger partial charge in [-0.05, 0) is 49.3 Å². The van der Waals surface area contributed by atoms with Gasteiger partial charge >= 0.3 is 0 Å². The topological polar surface area (TPSA) is 111 Å². The van der Waals surface area contributed by atoms with Crippen molar-refractivity contribution in [3.05, 3.63) is 57.1 Å². The first-order valence-corrected chi connectivity index (χ1v) is 13.4. The summed E-state index contributed by atoms with van der Waals surface area (Å²) >= 11 is 11.9. The van der Waals surface area contributed by atoms with Crippen LogP contribution in [0.15, 0.2) is 36.4 Å². The molecule has 2 aliphatic rings. The predicted molar refractivity (Wildman–Crippen MR) is 153 cm³/mol. The minimum Gasteiger partial charge on any atom is -0.366 e. The highest BCUT2D eigenvalue weighted by Gasteiger charge is 2.27. The van der Waals surface area contributed by atoms with Crippen LogP contribution in [0.4, 0.5) is 22.7 Å². The average Bonchev–Trinajstić information content (AvgIpc) is 3.43. The Kier molecular flexibility index (Phi) is 8.68. The van der Waals surface area contributed by atoms with Gasteiger partial charge in [-0.2, -0.15) is 0 Å². The number of halogens is 1. The zero-order chi connectivity index (χ0) is 27.4. The van der Waals surface area contributed by atoms with Gasteiger partial charge in [-0.15, -0.1) is 0 Å². The second-order valence-electron chi connectivity index (χ2n) is 9.67. The van der Waals surface area contributed by atoms with E-state index in [0.29, 0.717) is 42.6 Å². The Balaban J connectivity index is 1.45. The van der Waals surface area contributed by atoms with Crippen molar-refractivity contribution in [2.75, 3.05) is 54.4 Å². The first kappa shape index (κ1) is 27.6. The number of nitro benzene ring substituents is 1. The van der Waals surface area contributed by atoms with Crippen LogP contribution >= 0.6 is 23.8 Å². The summed E-state index contributed by atoms with van der Waals surface area (Å²) in [7, 11) is 0. The number of piperazine rings is 1. The number of nitro groups is 1. The van der Waals surface area contributed by atoms with Crippen LogP contribution in [0.2, 0.25) is 5.02 Å². The van der Waals surface area contributed by atoms with Gasteiger partial charge in [0.15, 0.2) is 5.11 Å². The molecule has 0 unspecified atom stereocenters. The number of hydrogen-bond donors (Lipinski definition) is 2. The molecule has 0 bridgehead atoms. The quantitative estimate of drug-likeness (QED) is 0.307. The van der Waals surface area contributed by atoms with Gasteiger partial charge in [0.25, 0.3) is 11.6 Å². The summed E-state index contributed by atoms with van der Waals surface area (Å²) in [6, 6.07) is 9.83. The van der Waals surface area contributed by atoms with Crippen LogP contribution in [0, 0.1) is 16.0 Å². The molecule has 10 nitrogen and oxygen atoms in total. The fourth-order valence-corrected chi connectivity index (χ4v) is 5.32. The van der Waals surface area contributed by atoms with Gasteiger partial charge in [-0.3, -0.25) is 25.0 Å². The van der Waals surface area contributed by atoms with E-state index < -0.39 is 10.8 Å². The molecule has 2 aromatic rings. The van der Waals surface area contributed by atoms with Crippen LogP contribution in [0.5, 0.6) is 0 Å². The van der Waals surface area contributed by atoms with Crippen LogP contribution in [0.1, 0.15) is 37.0 Å². The van der Waals surface area contributed by atoms with Gasteiger partial charge in [0.1, 0.15) is 5.69 Å². The van der Waals surface area contributed by atoms with Crippen molar-refractivity contribution in [2.24, 2.45) is 5.92 Å². The Morgan fingerprint density at radius 3 is 2.34 bits per heavy atom. The molecular formula is C26H31ClN6O4S. The zero-order valence-electron chi connectivity index (χ0n) is 21.4. The molecule has 0 aromatic heterocycles. The maximum absolute atomic E-state index is 12.9. The molecule has 0 saturated carbocycles. The number of nitrogens with zero attached hydrogens (tertiary/aromatic N) is 4. The number of hydrogen-bond acceptors (Lipinski definition) is 7. The van der Waals surface area contributed by atoms with Gasteiger partial charge < -0.3 is 20.0 Å². The van der Waals surface area contributed by atoms with E-state index in [2.05, 4.69) is 15.5 Å². The summed E-state index contributed by atoms with van der Waals surface area (Å²) in [5, 5.41) is 17.9. The normalized spacial score (nSPS) is 15.5. The Hall–Kier alpha value is -3.44. The highest BCUT2D eigenvalue weighted by molar-refractivity contribution is 7.80. The Bertz CT molecular complexity index is 1240. The maximum Gasteiger partial charge on any atom is 0.293 e. The van der Waals surface area contributed by atoms with E-state index in [0.717, 1.165) is 31.6 Å². The summed E-state index contributed by atoms with van der Waals surface area (Å²) in [5.74, 6) is -0.486. The number of thiocarbonyl (C=S) groups is 1. The highest BCUT2D eigenvalue weighted by Crippen LogP contribution is 2.35. The molecule has 2 amide bonds. The molecule has 12 heteroatoms. The average molecular weight is 559 g/mol. The van der Waals surface area contributed by atoms with E-state index in [1.165, 1.54) is 6.07 Å². The molecule has 0 atom stereocenters. The third-order valence-corrected chi connectivity index (χ3v) is 7.25. The fourth-order valence-electron chi connectivity index (χ4n) is 4.82. The number of anilines is 3. The van der Waals surface area contributed by atoms with E-state index in [4.69, 9.17) is 23.8 Å². The van der Waals surface area contributed by atoms with Gasteiger partial charge in [0.2, 0.25) is 5.91 Å². The molecular weight excluding hydrogens is 528 g/mol. The Morgan fingerprint density at radius 2 is 1.71 bits per heavy atom. The monoisotopic (exact) mass is 558 g/mol. The number of para-hydroxylation sites is 1. The SMILES string of the molecule is CC(C)C(=O)N1CCN(c2c(Cl)cccc2NC(=S)NC(=O)c2ccc(N3CCCC3)c([N+](=O)[O-])c2)CC1. The van der Waals surface area contributed by atoms with Crippen LogP contribution in [-0.2, 0) is 4.79 Å². The molecule has 2 saturated heterocycles. The lowest BCUT2D eigenvalue weighted by atomic mass is 10.1. The van der Waals surface area contributed by atoms with Crippen molar-refractivity contribution >= 4 is 63.5 Å². The summed E-state index contributed by atoms with van der Waals surface area (Å²) in [6.45, 7) is 7.65. The van der Waals surface area contributed by atoms with E-state index in [1.807, 2.05) is 23.6 Å². The largest absolute Gasteiger partial charge is 0.366 e. The lowest BCUT2D eigenvalue weighted by Crippen LogP contribution is -2.50. The second kappa shape index (κ2) is 12.0. The van der Waals surface area contributed by atoms with E-state index in [1.54, 1.807) is 30.3 Å². The second-order valence-corrected chi connectivity index (χ2v) is 10.5. The van der Waals surface area contributed by atoms with Crippen molar-refractivity contribution < 1.29 is 14.5 Å². The number of nitrogens with one attached hydrogen (secondary N) is 2. The molecule has 202 valence electrons. The molecule has 0 radical (unpaired) electrons. The van der Waals surface area contributed by atoms with Gasteiger partial charge in [-0.25, -0.2) is 0 Å². The van der Waals surface area contributed by atoms with Crippen LogP contribution in [-0.4, -0.2) is 66.0 Å². The van der Waals surface area contributed by atoms with Crippen molar-refractivity contribution in [2.45, 2.75) is 26.7 Å². The first-order chi connectivity index (χ1) is 18.2. The molecule has 4 rings (SSSR count). The highest BCUT2D eigenvalue weighted by atomic mass is 35.5. The number of benzene rings is 2. The third kappa shape index (κ3) is 6.16. The lowest BCUT2D eigenvalue weighted by molar-refractivity contribution is -0.384. The molecule has 2 aromatic carbocycles. The van der Waals surface area contributed by atoms with E-state index in [-0.39, 0.29) is 28.2 Å². The van der Waals surface area contributed by atoms with Crippen molar-refractivity contribution in [3.8, 4) is 0 Å². The van der Waals surface area contributed by atoms with Gasteiger partial charge in [0.05, 0.1) is 21.3 Å². The maximum atomic E-state index is 12.9. The van der Waals surface area contributed by atoms with Crippen LogP contribution < -0.4 is 20.4 Å². The Labute approximate surface area is 232 Å². The third-order valence-electron chi connectivity index (χ3n) is 6.74. The molecule has 0 aliphatic carbocycles. The molecule has 38 heavy (non-hydrogen) atoms. The summed E-state index contributed by atoms with van der Waals surface area (Å²) < 4.78 is 0. The summed E-state index contributed by atoms with van der Waals surface area (Å²) in [4.78, 5) is 42.4. The van der Waals surface area contributed by atoms with Gasteiger partial charge in [-0.1, -0.05) is 31.5 Å². The van der Waals surface area contributed by atoms with E-state index >= 15 is 0 Å². The predicted octanol–water partition coefficient (Wildman–Crippen LogP) is 4.28. The Morgan fingerprint density at radius 1 is 1.03 bits per heavy atom. The van der Waals surface area contributed by atoms with E-state index in [9.17, 15) is 19.7 Å². The summed E-state index contributed by atoms with van der Waals surface area (Å²) in [5.41, 5.74) is 1.89. The number of amides is 2. The molecule has 2 fully saturated rings. The lowest BCUT2D eigenvalue weighted by Gasteiger charge is -2.38. The molecule has 2 N–H and O–H groups in total. The summed E-state index contributed by atoms with van der Waals surface area (Å²) in [6.07, 6.45) is 1.97. The van der Waals surface area contributed by atoms with Crippen molar-refractivity contribution in [3.63, 3.8) is 0 Å². The zero-order valence-corrected chi connectivity index (χ0v) is 23.0. The molecule has 0 spiro atoms. The molecule has 2 aliphatic heterocycles. The fraction of sp³-hybridized carbons (Fsp3) is 0.423. The standard InChI is InChI=1S/C26H31ClN6O4S/c1-17(2)25(35)32-14-12-31(13-15-32)23-19(27)6-5-7-20(23)28-26(38)29-24(34)18-8-9-21(22(16-18)33(36)37)30-10-3-4-11-30/h5-9,16-17H,3-4,10-15H2,1-2H3,(H2,28,29,34,38). The number of carbonyl (C=O) groups excluding carboxylic acids is 2. The molecule has 2 heterocycles.